The molecule has 5 heteroatoms. The van der Waals surface area contributed by atoms with Gasteiger partial charge in [0.1, 0.15) is 5.41 Å². The first kappa shape index (κ1) is 14.1. The zero-order valence-electron chi connectivity index (χ0n) is 12.1. The number of rotatable bonds is 2. The Bertz CT molecular complexity index is 571. The number of amides is 1. The SMILES string of the molecule is CCOC(=O)[C@]12CNC(=O)C[C@H]1OCc1ccccc1C2. The van der Waals surface area contributed by atoms with Gasteiger partial charge in [0.05, 0.1) is 25.7 Å². The summed E-state index contributed by atoms with van der Waals surface area (Å²) in [4.78, 5) is 24.3. The van der Waals surface area contributed by atoms with Crippen LogP contribution in [-0.2, 0) is 32.1 Å². The summed E-state index contributed by atoms with van der Waals surface area (Å²) >= 11 is 0. The molecule has 1 fully saturated rings. The predicted octanol–water partition coefficient (Wildman–Crippen LogP) is 1.20. The summed E-state index contributed by atoms with van der Waals surface area (Å²) in [5.74, 6) is -0.363. The molecule has 0 aromatic heterocycles. The van der Waals surface area contributed by atoms with Crippen LogP contribution in [0.1, 0.15) is 24.5 Å². The van der Waals surface area contributed by atoms with Crippen molar-refractivity contribution in [3.05, 3.63) is 35.4 Å². The van der Waals surface area contributed by atoms with Crippen LogP contribution in [-0.4, -0.2) is 31.1 Å². The molecule has 0 radical (unpaired) electrons. The Balaban J connectivity index is 2.01. The minimum Gasteiger partial charge on any atom is -0.465 e. The molecule has 0 aliphatic carbocycles. The van der Waals surface area contributed by atoms with Crippen molar-refractivity contribution in [2.45, 2.75) is 32.5 Å². The fourth-order valence-corrected chi connectivity index (χ4v) is 3.15. The highest BCUT2D eigenvalue weighted by atomic mass is 16.5. The first-order chi connectivity index (χ1) is 10.2. The highest BCUT2D eigenvalue weighted by Gasteiger charge is 2.52. The van der Waals surface area contributed by atoms with E-state index in [-0.39, 0.29) is 24.8 Å². The number of carbonyl (C=O) groups is 2. The van der Waals surface area contributed by atoms with E-state index in [2.05, 4.69) is 5.32 Å². The van der Waals surface area contributed by atoms with Crippen LogP contribution in [0.4, 0.5) is 0 Å². The third kappa shape index (κ3) is 2.42. The van der Waals surface area contributed by atoms with Gasteiger partial charge in [-0.25, -0.2) is 0 Å². The molecule has 0 bridgehead atoms. The van der Waals surface area contributed by atoms with E-state index >= 15 is 0 Å². The second kappa shape index (κ2) is 5.48. The molecule has 5 nitrogen and oxygen atoms in total. The second-order valence-corrected chi connectivity index (χ2v) is 5.60. The summed E-state index contributed by atoms with van der Waals surface area (Å²) < 4.78 is 11.2. The van der Waals surface area contributed by atoms with Gasteiger partial charge in [0.15, 0.2) is 0 Å². The fourth-order valence-electron chi connectivity index (χ4n) is 3.15. The topological polar surface area (TPSA) is 64.6 Å². The van der Waals surface area contributed by atoms with Crippen molar-refractivity contribution in [1.29, 1.82) is 0 Å². The Labute approximate surface area is 123 Å². The zero-order chi connectivity index (χ0) is 14.9. The van der Waals surface area contributed by atoms with Gasteiger partial charge in [-0.05, 0) is 24.5 Å². The molecule has 0 spiro atoms. The van der Waals surface area contributed by atoms with Crippen LogP contribution in [0.25, 0.3) is 0 Å². The predicted molar refractivity (Wildman–Crippen MR) is 75.4 cm³/mol. The van der Waals surface area contributed by atoms with E-state index in [1.807, 2.05) is 24.3 Å². The van der Waals surface area contributed by atoms with Crippen molar-refractivity contribution in [3.8, 4) is 0 Å². The molecule has 1 amide bonds. The average molecular weight is 289 g/mol. The van der Waals surface area contributed by atoms with Crippen molar-refractivity contribution in [1.82, 2.24) is 5.32 Å². The number of carbonyl (C=O) groups excluding carboxylic acids is 2. The molecular weight excluding hydrogens is 270 g/mol. The largest absolute Gasteiger partial charge is 0.465 e. The van der Waals surface area contributed by atoms with Crippen LogP contribution in [0, 0.1) is 5.41 Å². The summed E-state index contributed by atoms with van der Waals surface area (Å²) in [5, 5.41) is 2.80. The van der Waals surface area contributed by atoms with E-state index in [1.165, 1.54) is 0 Å². The molecule has 0 saturated carbocycles. The number of fused-ring (bicyclic) bond motifs is 2. The van der Waals surface area contributed by atoms with Gasteiger partial charge in [-0.2, -0.15) is 0 Å². The minimum absolute atomic E-state index is 0.0779. The van der Waals surface area contributed by atoms with Crippen LogP contribution in [0.5, 0.6) is 0 Å². The Morgan fingerprint density at radius 2 is 2.19 bits per heavy atom. The molecule has 1 aromatic carbocycles. The average Bonchev–Trinajstić information content (AvgIpc) is 2.65. The van der Waals surface area contributed by atoms with Crippen molar-refractivity contribution in [2.75, 3.05) is 13.2 Å². The van der Waals surface area contributed by atoms with Crippen LogP contribution in [0.3, 0.4) is 0 Å². The maximum atomic E-state index is 12.6. The van der Waals surface area contributed by atoms with E-state index in [9.17, 15) is 9.59 Å². The van der Waals surface area contributed by atoms with E-state index in [0.717, 1.165) is 11.1 Å². The quantitative estimate of drug-likeness (QED) is 0.831. The number of hydrogen-bond acceptors (Lipinski definition) is 4. The molecule has 2 heterocycles. The van der Waals surface area contributed by atoms with Crippen molar-refractivity contribution >= 4 is 11.9 Å². The Hall–Kier alpha value is -1.88. The maximum absolute atomic E-state index is 12.6. The lowest BCUT2D eigenvalue weighted by Crippen LogP contribution is -2.58. The highest BCUT2D eigenvalue weighted by molar-refractivity contribution is 5.85. The summed E-state index contributed by atoms with van der Waals surface area (Å²) in [6, 6.07) is 7.93. The van der Waals surface area contributed by atoms with Gasteiger partial charge in [0, 0.05) is 6.54 Å². The van der Waals surface area contributed by atoms with E-state index in [0.29, 0.717) is 19.6 Å². The molecule has 0 unspecified atom stereocenters. The minimum atomic E-state index is -0.823. The monoisotopic (exact) mass is 289 g/mol. The number of benzene rings is 1. The van der Waals surface area contributed by atoms with Crippen molar-refractivity contribution in [2.24, 2.45) is 5.41 Å². The van der Waals surface area contributed by atoms with Gasteiger partial charge in [-0.1, -0.05) is 24.3 Å². The molecule has 1 aromatic rings. The summed E-state index contributed by atoms with van der Waals surface area (Å²) in [6.45, 7) is 2.80. The third-order valence-corrected chi connectivity index (χ3v) is 4.33. The molecule has 112 valence electrons. The van der Waals surface area contributed by atoms with Gasteiger partial charge >= 0.3 is 5.97 Å². The number of piperidine rings is 1. The Morgan fingerprint density at radius 3 is 2.95 bits per heavy atom. The molecule has 21 heavy (non-hydrogen) atoms. The third-order valence-electron chi connectivity index (χ3n) is 4.33. The lowest BCUT2D eigenvalue weighted by molar-refractivity contribution is -0.171. The zero-order valence-corrected chi connectivity index (χ0v) is 12.1. The lowest BCUT2D eigenvalue weighted by atomic mass is 9.73. The van der Waals surface area contributed by atoms with E-state index in [4.69, 9.17) is 9.47 Å². The second-order valence-electron chi connectivity index (χ2n) is 5.60. The number of ether oxygens (including phenoxy) is 2. The number of esters is 1. The number of hydrogen-bond donors (Lipinski definition) is 1. The number of nitrogens with one attached hydrogen (secondary N) is 1. The summed E-state index contributed by atoms with van der Waals surface area (Å²) in [5.41, 5.74) is 1.34. The molecule has 2 atom stereocenters. The van der Waals surface area contributed by atoms with E-state index < -0.39 is 11.5 Å². The normalized spacial score (nSPS) is 27.9. The van der Waals surface area contributed by atoms with Gasteiger partial charge in [0.25, 0.3) is 0 Å². The molecule has 1 saturated heterocycles. The van der Waals surface area contributed by atoms with Crippen LogP contribution in [0.2, 0.25) is 0 Å². The maximum Gasteiger partial charge on any atom is 0.316 e. The van der Waals surface area contributed by atoms with E-state index in [1.54, 1.807) is 6.92 Å². The first-order valence-corrected chi connectivity index (χ1v) is 7.28. The fraction of sp³-hybridized carbons (Fsp3) is 0.500. The van der Waals surface area contributed by atoms with Gasteiger partial charge in [0.2, 0.25) is 5.91 Å². The summed E-state index contributed by atoms with van der Waals surface area (Å²) in [7, 11) is 0. The smallest absolute Gasteiger partial charge is 0.316 e. The molecule has 2 aliphatic heterocycles. The highest BCUT2D eigenvalue weighted by Crippen LogP contribution is 2.38. The standard InChI is InChI=1S/C16H19NO4/c1-2-20-15(19)16-8-11-5-3-4-6-12(11)9-21-13(16)7-14(18)17-10-16/h3-6,13H,2,7-10H2,1H3,(H,17,18)/t13-,16-/m1/s1. The van der Waals surface area contributed by atoms with Gasteiger partial charge in [-0.3, -0.25) is 9.59 Å². The van der Waals surface area contributed by atoms with Gasteiger partial charge in [-0.15, -0.1) is 0 Å². The first-order valence-electron chi connectivity index (χ1n) is 7.28. The van der Waals surface area contributed by atoms with Crippen molar-refractivity contribution < 1.29 is 19.1 Å². The van der Waals surface area contributed by atoms with Crippen LogP contribution < -0.4 is 5.32 Å². The Kier molecular flexibility index (Phi) is 3.68. The lowest BCUT2D eigenvalue weighted by Gasteiger charge is -2.40. The Morgan fingerprint density at radius 1 is 1.43 bits per heavy atom. The molecule has 2 aliphatic rings. The molecule has 1 N–H and O–H groups in total. The van der Waals surface area contributed by atoms with Gasteiger partial charge < -0.3 is 14.8 Å². The molecular formula is C16H19NO4. The van der Waals surface area contributed by atoms with Crippen LogP contribution in [0.15, 0.2) is 24.3 Å². The van der Waals surface area contributed by atoms with Crippen LogP contribution >= 0.6 is 0 Å². The molecule has 3 rings (SSSR count). The summed E-state index contributed by atoms with van der Waals surface area (Å²) in [6.07, 6.45) is 0.303. The van der Waals surface area contributed by atoms with Crippen molar-refractivity contribution in [3.63, 3.8) is 0 Å².